The van der Waals surface area contributed by atoms with Gasteiger partial charge >= 0.3 is 0 Å². The van der Waals surface area contributed by atoms with Crippen LogP contribution in [0.2, 0.25) is 0 Å². The van der Waals surface area contributed by atoms with Crippen molar-refractivity contribution in [2.75, 3.05) is 13.1 Å². The zero-order chi connectivity index (χ0) is 9.69. The van der Waals surface area contributed by atoms with Crippen LogP contribution >= 0.6 is 0 Å². The Labute approximate surface area is 79.5 Å². The second kappa shape index (κ2) is 2.47. The van der Waals surface area contributed by atoms with Crippen molar-refractivity contribution in [1.29, 1.82) is 0 Å². The molecule has 2 fully saturated rings. The molecule has 2 rings (SSSR count). The molecule has 1 amide bonds. The van der Waals surface area contributed by atoms with Gasteiger partial charge in [0, 0.05) is 18.6 Å². The normalized spacial score (nSPS) is 37.8. The molecule has 0 radical (unpaired) electrons. The molecule has 1 unspecified atom stereocenters. The van der Waals surface area contributed by atoms with Gasteiger partial charge in [0.1, 0.15) is 0 Å². The number of carbonyl (C=O) groups excluding carboxylic acids is 1. The molecule has 0 aromatic heterocycles. The van der Waals surface area contributed by atoms with E-state index in [9.17, 15) is 4.79 Å². The lowest BCUT2D eigenvalue weighted by molar-refractivity contribution is -0.146. The molecule has 0 spiro atoms. The van der Waals surface area contributed by atoms with Crippen LogP contribution in [0.5, 0.6) is 0 Å². The van der Waals surface area contributed by atoms with Crippen LogP contribution in [-0.4, -0.2) is 35.0 Å². The van der Waals surface area contributed by atoms with E-state index >= 15 is 0 Å². The van der Waals surface area contributed by atoms with E-state index < -0.39 is 0 Å². The summed E-state index contributed by atoms with van der Waals surface area (Å²) in [6, 6.07) is 0. The molecule has 0 saturated carbocycles. The number of piperazine rings is 1. The molecule has 3 nitrogen and oxygen atoms in total. The van der Waals surface area contributed by atoms with E-state index in [1.807, 2.05) is 18.7 Å². The third kappa shape index (κ3) is 1.35. The van der Waals surface area contributed by atoms with E-state index in [0.29, 0.717) is 0 Å². The number of piperidine rings is 1. The van der Waals surface area contributed by atoms with E-state index in [2.05, 4.69) is 12.2 Å². The Morgan fingerprint density at radius 2 is 2.08 bits per heavy atom. The largest absolute Gasteiger partial charge is 0.339 e. The zero-order valence-corrected chi connectivity index (χ0v) is 8.68. The number of hydrogen-bond acceptors (Lipinski definition) is 2. The summed E-state index contributed by atoms with van der Waals surface area (Å²) in [7, 11) is 0. The number of nitrogens with zero attached hydrogens (tertiary/aromatic N) is 1. The molecule has 2 aliphatic rings. The van der Waals surface area contributed by atoms with Crippen LogP contribution in [0.25, 0.3) is 0 Å². The minimum Gasteiger partial charge on any atom is -0.339 e. The molecule has 74 valence electrons. The summed E-state index contributed by atoms with van der Waals surface area (Å²) >= 11 is 0. The first kappa shape index (κ1) is 9.00. The monoisotopic (exact) mass is 182 g/mol. The van der Waals surface area contributed by atoms with Gasteiger partial charge in [-0.1, -0.05) is 0 Å². The van der Waals surface area contributed by atoms with Crippen molar-refractivity contribution < 1.29 is 4.79 Å². The highest BCUT2D eigenvalue weighted by Crippen LogP contribution is 2.29. The molecule has 2 heterocycles. The quantitative estimate of drug-likeness (QED) is 0.599. The van der Waals surface area contributed by atoms with Gasteiger partial charge in [-0.05, 0) is 33.6 Å². The summed E-state index contributed by atoms with van der Waals surface area (Å²) in [5.41, 5.74) is -0.219. The summed E-state index contributed by atoms with van der Waals surface area (Å²) in [4.78, 5) is 13.9. The number of fused-ring (bicyclic) bond motifs is 2. The molecule has 0 aromatic carbocycles. The molecule has 0 aromatic rings. The third-order valence-corrected chi connectivity index (χ3v) is 3.13. The summed E-state index contributed by atoms with van der Waals surface area (Å²) in [6.07, 6.45) is 2.31. The summed E-state index contributed by atoms with van der Waals surface area (Å²) in [5.74, 6) is 0.254. The van der Waals surface area contributed by atoms with E-state index in [-0.39, 0.29) is 17.0 Å². The predicted molar refractivity (Wildman–Crippen MR) is 51.4 cm³/mol. The number of amides is 1. The van der Waals surface area contributed by atoms with Crippen LogP contribution in [0.1, 0.15) is 33.6 Å². The maximum Gasteiger partial charge on any atom is 0.242 e. The minimum absolute atomic E-state index is 0.148. The second-order valence-electron chi connectivity index (χ2n) is 5.14. The van der Waals surface area contributed by atoms with Gasteiger partial charge in [0.05, 0.1) is 5.54 Å². The van der Waals surface area contributed by atoms with E-state index in [0.717, 1.165) is 19.5 Å². The van der Waals surface area contributed by atoms with Gasteiger partial charge in [0.2, 0.25) is 5.91 Å². The van der Waals surface area contributed by atoms with Crippen LogP contribution in [0.15, 0.2) is 0 Å². The van der Waals surface area contributed by atoms with Crippen molar-refractivity contribution in [3.63, 3.8) is 0 Å². The van der Waals surface area contributed by atoms with Crippen molar-refractivity contribution in [2.45, 2.75) is 44.7 Å². The van der Waals surface area contributed by atoms with Crippen LogP contribution in [0.4, 0.5) is 0 Å². The van der Waals surface area contributed by atoms with Crippen molar-refractivity contribution in [3.8, 4) is 0 Å². The van der Waals surface area contributed by atoms with Crippen molar-refractivity contribution in [1.82, 2.24) is 10.2 Å². The fourth-order valence-electron chi connectivity index (χ4n) is 2.72. The summed E-state index contributed by atoms with van der Waals surface area (Å²) in [5, 5.41) is 3.46. The summed E-state index contributed by atoms with van der Waals surface area (Å²) < 4.78 is 0. The second-order valence-corrected chi connectivity index (χ2v) is 5.14. The van der Waals surface area contributed by atoms with Gasteiger partial charge in [0.25, 0.3) is 0 Å². The number of carbonyl (C=O) groups is 1. The first-order chi connectivity index (χ1) is 5.93. The minimum atomic E-state index is -0.368. The Balaban J connectivity index is 2.28. The van der Waals surface area contributed by atoms with E-state index in [4.69, 9.17) is 0 Å². The maximum absolute atomic E-state index is 11.9. The Hall–Kier alpha value is -0.570. The first-order valence-corrected chi connectivity index (χ1v) is 5.02. The lowest BCUT2D eigenvalue weighted by Gasteiger charge is -2.52. The average Bonchev–Trinajstić information content (AvgIpc) is 1.99. The SMILES string of the molecule is CC12CCCN(C1)C(=O)C(C)(C)N2. The number of rotatable bonds is 0. The smallest absolute Gasteiger partial charge is 0.242 e. The topological polar surface area (TPSA) is 32.3 Å². The first-order valence-electron chi connectivity index (χ1n) is 5.02. The van der Waals surface area contributed by atoms with E-state index in [1.54, 1.807) is 0 Å². The van der Waals surface area contributed by atoms with Crippen LogP contribution in [-0.2, 0) is 4.79 Å². The Bertz CT molecular complexity index is 249. The maximum atomic E-state index is 11.9. The summed E-state index contributed by atoms with van der Waals surface area (Å²) in [6.45, 7) is 8.00. The van der Waals surface area contributed by atoms with Gasteiger partial charge < -0.3 is 4.90 Å². The number of hydrogen-bond donors (Lipinski definition) is 1. The Morgan fingerprint density at radius 3 is 2.77 bits per heavy atom. The standard InChI is InChI=1S/C10H18N2O/c1-9(2)8(13)12-6-4-5-10(3,7-12)11-9/h11H,4-7H2,1-3H3. The molecular weight excluding hydrogens is 164 g/mol. The highest BCUT2D eigenvalue weighted by molar-refractivity contribution is 5.86. The molecule has 13 heavy (non-hydrogen) atoms. The fourth-order valence-corrected chi connectivity index (χ4v) is 2.72. The van der Waals surface area contributed by atoms with Gasteiger partial charge in [-0.15, -0.1) is 0 Å². The highest BCUT2D eigenvalue weighted by Gasteiger charge is 2.46. The zero-order valence-electron chi connectivity index (χ0n) is 8.68. The predicted octanol–water partition coefficient (Wildman–Crippen LogP) is 0.749. The van der Waals surface area contributed by atoms with E-state index in [1.165, 1.54) is 6.42 Å². The molecule has 1 atom stereocenters. The van der Waals surface area contributed by atoms with Crippen LogP contribution in [0.3, 0.4) is 0 Å². The lowest BCUT2D eigenvalue weighted by atomic mass is 9.83. The Kier molecular flexibility index (Phi) is 1.71. The Morgan fingerprint density at radius 1 is 1.38 bits per heavy atom. The van der Waals surface area contributed by atoms with Gasteiger partial charge in [-0.2, -0.15) is 0 Å². The molecule has 1 N–H and O–H groups in total. The third-order valence-electron chi connectivity index (χ3n) is 3.13. The molecular formula is C10H18N2O. The molecule has 2 saturated heterocycles. The average molecular weight is 182 g/mol. The molecule has 0 aliphatic carbocycles. The lowest BCUT2D eigenvalue weighted by Crippen LogP contribution is -2.72. The van der Waals surface area contributed by atoms with Gasteiger partial charge in [-0.3, -0.25) is 10.1 Å². The van der Waals surface area contributed by atoms with Crippen LogP contribution in [0, 0.1) is 0 Å². The van der Waals surface area contributed by atoms with Crippen molar-refractivity contribution >= 4 is 5.91 Å². The molecule has 2 bridgehead atoms. The number of nitrogens with one attached hydrogen (secondary N) is 1. The van der Waals surface area contributed by atoms with Crippen molar-refractivity contribution in [2.24, 2.45) is 0 Å². The fraction of sp³-hybridized carbons (Fsp3) is 0.900. The molecule has 3 heteroatoms. The molecule has 2 aliphatic heterocycles. The van der Waals surface area contributed by atoms with Crippen molar-refractivity contribution in [3.05, 3.63) is 0 Å². The van der Waals surface area contributed by atoms with Crippen LogP contribution < -0.4 is 5.32 Å². The van der Waals surface area contributed by atoms with Gasteiger partial charge in [-0.25, -0.2) is 0 Å². The van der Waals surface area contributed by atoms with Gasteiger partial charge in [0.15, 0.2) is 0 Å². The highest BCUT2D eigenvalue weighted by atomic mass is 16.2.